The van der Waals surface area contributed by atoms with E-state index in [2.05, 4.69) is 21.3 Å². The normalized spacial score (nSPS) is 9.88. The lowest BCUT2D eigenvalue weighted by atomic mass is 10.2. The van der Waals surface area contributed by atoms with E-state index in [1.54, 1.807) is 43.3 Å². The molecule has 0 saturated carbocycles. The van der Waals surface area contributed by atoms with Crippen LogP contribution < -0.4 is 21.3 Å². The van der Waals surface area contributed by atoms with Crippen LogP contribution in [0.5, 0.6) is 0 Å². The zero-order valence-corrected chi connectivity index (χ0v) is 14.5. The summed E-state index contributed by atoms with van der Waals surface area (Å²) in [6, 6.07) is 15.4. The first kappa shape index (κ1) is 19.0. The zero-order valence-electron chi connectivity index (χ0n) is 14.5. The molecule has 7 heteroatoms. The molecule has 2 aromatic carbocycles. The van der Waals surface area contributed by atoms with Gasteiger partial charge in [0, 0.05) is 36.4 Å². The van der Waals surface area contributed by atoms with E-state index >= 15 is 0 Å². The van der Waals surface area contributed by atoms with Crippen LogP contribution in [0.2, 0.25) is 0 Å². The third-order valence-electron chi connectivity index (χ3n) is 3.48. The second-order valence-electron chi connectivity index (χ2n) is 5.48. The van der Waals surface area contributed by atoms with Gasteiger partial charge in [0.05, 0.1) is 0 Å². The third kappa shape index (κ3) is 6.27. The van der Waals surface area contributed by atoms with Gasteiger partial charge in [-0.15, -0.1) is 0 Å². The number of anilines is 2. The van der Waals surface area contributed by atoms with Crippen molar-refractivity contribution in [3.63, 3.8) is 0 Å². The molecule has 0 aliphatic rings. The topological polar surface area (TPSA) is 99.3 Å². The molecule has 0 saturated heterocycles. The summed E-state index contributed by atoms with van der Waals surface area (Å²) in [5.41, 5.74) is 1.82. The number of benzene rings is 2. The zero-order chi connectivity index (χ0) is 18.8. The summed E-state index contributed by atoms with van der Waals surface area (Å²) in [6.45, 7) is 2.37. The molecule has 4 amide bonds. The Bertz CT molecular complexity index is 745. The summed E-state index contributed by atoms with van der Waals surface area (Å²) in [7, 11) is 0. The molecule has 0 atom stereocenters. The molecule has 0 bridgehead atoms. The van der Waals surface area contributed by atoms with Crippen LogP contribution >= 0.6 is 0 Å². The maximum Gasteiger partial charge on any atom is 0.319 e. The standard InChI is InChI=1S/C19H22N4O3/c1-2-17(24)22-16-10-8-14(9-11-16)18(25)20-12-13-21-19(26)23-15-6-4-3-5-7-15/h3-11H,2,12-13H2,1H3,(H,20,25)(H,22,24)(H2,21,23,26). The van der Waals surface area contributed by atoms with Gasteiger partial charge >= 0.3 is 6.03 Å². The highest BCUT2D eigenvalue weighted by molar-refractivity contribution is 5.95. The number of hydrogen-bond donors (Lipinski definition) is 4. The fourth-order valence-corrected chi connectivity index (χ4v) is 2.11. The first-order valence-electron chi connectivity index (χ1n) is 8.36. The second kappa shape index (κ2) is 9.83. The fourth-order valence-electron chi connectivity index (χ4n) is 2.11. The van der Waals surface area contributed by atoms with Gasteiger partial charge in [0.25, 0.3) is 5.91 Å². The SMILES string of the molecule is CCC(=O)Nc1ccc(C(=O)NCCNC(=O)Nc2ccccc2)cc1. The van der Waals surface area contributed by atoms with Crippen molar-refractivity contribution < 1.29 is 14.4 Å². The highest BCUT2D eigenvalue weighted by Crippen LogP contribution is 2.09. The number of para-hydroxylation sites is 1. The number of urea groups is 1. The molecule has 26 heavy (non-hydrogen) atoms. The predicted molar refractivity (Wildman–Crippen MR) is 101 cm³/mol. The lowest BCUT2D eigenvalue weighted by Gasteiger charge is -2.09. The number of rotatable bonds is 7. The first-order chi connectivity index (χ1) is 12.6. The summed E-state index contributed by atoms with van der Waals surface area (Å²) in [5.74, 6) is -0.328. The number of hydrogen-bond acceptors (Lipinski definition) is 3. The Morgan fingerprint density at radius 2 is 1.38 bits per heavy atom. The molecule has 0 heterocycles. The molecule has 136 valence electrons. The van der Waals surface area contributed by atoms with Crippen molar-refractivity contribution in [2.75, 3.05) is 23.7 Å². The quantitative estimate of drug-likeness (QED) is 0.575. The van der Waals surface area contributed by atoms with Crippen molar-refractivity contribution in [1.82, 2.24) is 10.6 Å². The van der Waals surface area contributed by atoms with Gasteiger partial charge in [-0.2, -0.15) is 0 Å². The van der Waals surface area contributed by atoms with E-state index in [4.69, 9.17) is 0 Å². The van der Waals surface area contributed by atoms with E-state index < -0.39 is 0 Å². The largest absolute Gasteiger partial charge is 0.350 e. The molecule has 2 aromatic rings. The van der Waals surface area contributed by atoms with Gasteiger partial charge in [-0.3, -0.25) is 9.59 Å². The summed E-state index contributed by atoms with van der Waals surface area (Å²) in [5, 5.41) is 10.8. The Hall–Kier alpha value is -3.35. The van der Waals surface area contributed by atoms with Crippen molar-refractivity contribution in [1.29, 1.82) is 0 Å². The molecule has 4 N–H and O–H groups in total. The van der Waals surface area contributed by atoms with E-state index in [9.17, 15) is 14.4 Å². The smallest absolute Gasteiger partial charge is 0.319 e. The molecule has 0 aliphatic heterocycles. The van der Waals surface area contributed by atoms with E-state index in [1.165, 1.54) is 0 Å². The highest BCUT2D eigenvalue weighted by Gasteiger charge is 2.06. The first-order valence-corrected chi connectivity index (χ1v) is 8.36. The molecular weight excluding hydrogens is 332 g/mol. The molecule has 0 unspecified atom stereocenters. The van der Waals surface area contributed by atoms with Gasteiger partial charge < -0.3 is 21.3 Å². The Morgan fingerprint density at radius 3 is 2.04 bits per heavy atom. The van der Waals surface area contributed by atoms with Crippen molar-refractivity contribution >= 4 is 29.2 Å². The minimum atomic E-state index is -0.332. The van der Waals surface area contributed by atoms with E-state index in [-0.39, 0.29) is 17.8 Å². The van der Waals surface area contributed by atoms with Gasteiger partial charge in [0.1, 0.15) is 0 Å². The molecule has 0 fully saturated rings. The average molecular weight is 354 g/mol. The number of carbonyl (C=O) groups is 3. The monoisotopic (exact) mass is 354 g/mol. The summed E-state index contributed by atoms with van der Waals surface area (Å²) in [4.78, 5) is 35.1. The lowest BCUT2D eigenvalue weighted by Crippen LogP contribution is -2.36. The van der Waals surface area contributed by atoms with Gasteiger partial charge in [0.2, 0.25) is 5.91 Å². The minimum absolute atomic E-state index is 0.0814. The van der Waals surface area contributed by atoms with E-state index in [1.807, 2.05) is 18.2 Å². The molecular formula is C19H22N4O3. The molecule has 7 nitrogen and oxygen atoms in total. The fraction of sp³-hybridized carbons (Fsp3) is 0.211. The van der Waals surface area contributed by atoms with Gasteiger partial charge in [0.15, 0.2) is 0 Å². The molecule has 2 rings (SSSR count). The molecule has 0 spiro atoms. The third-order valence-corrected chi connectivity index (χ3v) is 3.48. The molecule has 0 radical (unpaired) electrons. The van der Waals surface area contributed by atoms with E-state index in [0.29, 0.717) is 36.4 Å². The van der Waals surface area contributed by atoms with Crippen LogP contribution in [-0.2, 0) is 4.79 Å². The maximum absolute atomic E-state index is 12.0. The van der Waals surface area contributed by atoms with Crippen LogP contribution in [0, 0.1) is 0 Å². The van der Waals surface area contributed by atoms with Crippen molar-refractivity contribution in [2.45, 2.75) is 13.3 Å². The number of nitrogens with one attached hydrogen (secondary N) is 4. The minimum Gasteiger partial charge on any atom is -0.350 e. The Morgan fingerprint density at radius 1 is 0.769 bits per heavy atom. The van der Waals surface area contributed by atoms with Crippen LogP contribution in [0.3, 0.4) is 0 Å². The van der Waals surface area contributed by atoms with Crippen LogP contribution in [0.15, 0.2) is 54.6 Å². The number of amides is 4. The number of carbonyl (C=O) groups excluding carboxylic acids is 3. The van der Waals surface area contributed by atoms with Gasteiger partial charge in [-0.05, 0) is 36.4 Å². The second-order valence-corrected chi connectivity index (χ2v) is 5.48. The van der Waals surface area contributed by atoms with Crippen LogP contribution in [0.25, 0.3) is 0 Å². The molecule has 0 aromatic heterocycles. The van der Waals surface area contributed by atoms with Crippen LogP contribution in [0.1, 0.15) is 23.7 Å². The van der Waals surface area contributed by atoms with Crippen molar-refractivity contribution in [3.05, 3.63) is 60.2 Å². The Labute approximate surface area is 152 Å². The summed E-state index contributed by atoms with van der Waals surface area (Å²) in [6.07, 6.45) is 0.396. The lowest BCUT2D eigenvalue weighted by molar-refractivity contribution is -0.115. The molecule has 0 aliphatic carbocycles. The summed E-state index contributed by atoms with van der Waals surface area (Å²) >= 11 is 0. The van der Waals surface area contributed by atoms with Gasteiger partial charge in [-0.1, -0.05) is 25.1 Å². The maximum atomic E-state index is 12.0. The predicted octanol–water partition coefficient (Wildman–Crippen LogP) is 2.59. The Balaban J connectivity index is 1.69. The summed E-state index contributed by atoms with van der Waals surface area (Å²) < 4.78 is 0. The Kier molecular flexibility index (Phi) is 7.17. The van der Waals surface area contributed by atoms with Gasteiger partial charge in [-0.25, -0.2) is 4.79 Å². The van der Waals surface area contributed by atoms with Crippen molar-refractivity contribution in [3.8, 4) is 0 Å². The van der Waals surface area contributed by atoms with E-state index in [0.717, 1.165) is 0 Å². The van der Waals surface area contributed by atoms with Crippen LogP contribution in [-0.4, -0.2) is 30.9 Å². The average Bonchev–Trinajstić information content (AvgIpc) is 2.66. The van der Waals surface area contributed by atoms with Crippen LogP contribution in [0.4, 0.5) is 16.2 Å². The highest BCUT2D eigenvalue weighted by atomic mass is 16.2. The van der Waals surface area contributed by atoms with Crippen molar-refractivity contribution in [2.24, 2.45) is 0 Å².